The average molecular weight is 438 g/mol. The fourth-order valence-corrected chi connectivity index (χ4v) is 4.52. The van der Waals surface area contributed by atoms with Gasteiger partial charge in [0.15, 0.2) is 0 Å². The van der Waals surface area contributed by atoms with Crippen LogP contribution in [0.2, 0.25) is 0 Å². The fraction of sp³-hybridized carbons (Fsp3) is 0.280. The molecule has 8 heteroatoms. The number of carbonyl (C=O) groups excluding carboxylic acids is 1. The quantitative estimate of drug-likeness (QED) is 0.476. The van der Waals surface area contributed by atoms with Crippen LogP contribution in [-0.2, 0) is 28.1 Å². The van der Waals surface area contributed by atoms with Gasteiger partial charge in [0.2, 0.25) is 5.91 Å². The molecule has 33 heavy (non-hydrogen) atoms. The molecule has 4 aromatic rings. The molecule has 164 valence electrons. The first kappa shape index (κ1) is 19.7. The molecule has 1 amide bonds. The molecular formula is C25H22N6O2. The van der Waals surface area contributed by atoms with Crippen LogP contribution in [0.25, 0.3) is 21.8 Å². The molecule has 1 saturated carbocycles. The Morgan fingerprint density at radius 2 is 2.06 bits per heavy atom. The van der Waals surface area contributed by atoms with Crippen molar-refractivity contribution in [1.29, 1.82) is 0 Å². The van der Waals surface area contributed by atoms with Crippen LogP contribution in [-0.4, -0.2) is 39.1 Å². The summed E-state index contributed by atoms with van der Waals surface area (Å²) < 4.78 is 7.71. The third-order valence-electron chi connectivity index (χ3n) is 6.58. The molecule has 3 aromatic heterocycles. The van der Waals surface area contributed by atoms with Crippen molar-refractivity contribution >= 4 is 33.5 Å². The lowest BCUT2D eigenvalue weighted by molar-refractivity contribution is -0.120. The second-order valence-electron chi connectivity index (χ2n) is 8.52. The normalized spacial score (nSPS) is 16.2. The van der Waals surface area contributed by atoms with E-state index in [1.54, 1.807) is 12.4 Å². The maximum atomic E-state index is 12.0. The molecule has 4 heterocycles. The molecule has 0 saturated heterocycles. The zero-order chi connectivity index (χ0) is 22.6. The Bertz CT molecular complexity index is 1510. The fourth-order valence-electron chi connectivity index (χ4n) is 4.52. The van der Waals surface area contributed by atoms with E-state index in [-0.39, 0.29) is 5.91 Å². The monoisotopic (exact) mass is 438 g/mol. The van der Waals surface area contributed by atoms with Crippen molar-refractivity contribution in [3.63, 3.8) is 0 Å². The van der Waals surface area contributed by atoms with Crippen LogP contribution in [0, 0.1) is 11.8 Å². The third-order valence-corrected chi connectivity index (χ3v) is 6.58. The summed E-state index contributed by atoms with van der Waals surface area (Å²) in [4.78, 5) is 25.8. The zero-order valence-electron chi connectivity index (χ0n) is 18.2. The Labute approximate surface area is 190 Å². The molecule has 0 unspecified atom stereocenters. The topological polar surface area (TPSA) is 108 Å². The highest BCUT2D eigenvalue weighted by Gasteiger charge is 2.51. The summed E-state index contributed by atoms with van der Waals surface area (Å²) >= 11 is 0. The summed E-state index contributed by atoms with van der Waals surface area (Å²) in [6.07, 6.45) is 4.97. The van der Waals surface area contributed by atoms with Crippen LogP contribution < -0.4 is 11.1 Å². The molecule has 6 rings (SSSR count). The van der Waals surface area contributed by atoms with Gasteiger partial charge in [0.05, 0.1) is 34.3 Å². The minimum absolute atomic E-state index is 0.326. The number of anilines is 1. The lowest BCUT2D eigenvalue weighted by Gasteiger charge is -2.14. The number of hydrogen-bond donors (Lipinski definition) is 2. The van der Waals surface area contributed by atoms with E-state index in [9.17, 15) is 4.79 Å². The van der Waals surface area contributed by atoms with Crippen molar-refractivity contribution in [3.05, 3.63) is 59.3 Å². The molecule has 0 bridgehead atoms. The molecule has 3 N–H and O–H groups in total. The molecule has 0 spiro atoms. The summed E-state index contributed by atoms with van der Waals surface area (Å²) in [6.45, 7) is 2.02. The van der Waals surface area contributed by atoms with Gasteiger partial charge in [-0.05, 0) is 37.1 Å². The molecule has 2 aliphatic rings. The Balaban J connectivity index is 1.45. The second kappa shape index (κ2) is 7.29. The minimum atomic E-state index is -0.655. The van der Waals surface area contributed by atoms with E-state index in [4.69, 9.17) is 10.5 Å². The predicted molar refractivity (Wildman–Crippen MR) is 125 cm³/mol. The Morgan fingerprint density at radius 1 is 1.18 bits per heavy atom. The number of primary amides is 1. The van der Waals surface area contributed by atoms with Gasteiger partial charge in [0.1, 0.15) is 18.2 Å². The number of benzene rings is 1. The first-order valence-corrected chi connectivity index (χ1v) is 10.9. The summed E-state index contributed by atoms with van der Waals surface area (Å²) in [6, 6.07) is 7.99. The maximum Gasteiger partial charge on any atom is 0.229 e. The first-order chi connectivity index (χ1) is 16.1. The number of pyridine rings is 2. The zero-order valence-corrected chi connectivity index (χ0v) is 18.2. The van der Waals surface area contributed by atoms with E-state index in [1.807, 2.05) is 25.2 Å². The maximum absolute atomic E-state index is 12.0. The average Bonchev–Trinajstić information content (AvgIpc) is 3.58. The number of nitrogens with one attached hydrogen (secondary N) is 1. The smallest absolute Gasteiger partial charge is 0.229 e. The van der Waals surface area contributed by atoms with Crippen LogP contribution in [0.1, 0.15) is 35.5 Å². The van der Waals surface area contributed by atoms with E-state index in [1.165, 1.54) is 0 Å². The molecule has 1 aliphatic carbocycles. The Morgan fingerprint density at radius 3 is 2.85 bits per heavy atom. The minimum Gasteiger partial charge on any atom is -0.373 e. The van der Waals surface area contributed by atoms with E-state index in [2.05, 4.69) is 42.7 Å². The first-order valence-electron chi connectivity index (χ1n) is 10.9. The number of aromatic nitrogens is 4. The van der Waals surface area contributed by atoms with Gasteiger partial charge in [0, 0.05) is 42.3 Å². The van der Waals surface area contributed by atoms with E-state index in [0.29, 0.717) is 24.7 Å². The van der Waals surface area contributed by atoms with Gasteiger partial charge in [-0.15, -0.1) is 0 Å². The molecule has 8 nitrogen and oxygen atoms in total. The van der Waals surface area contributed by atoms with Crippen molar-refractivity contribution in [2.24, 2.45) is 5.73 Å². The van der Waals surface area contributed by atoms with E-state index >= 15 is 0 Å². The number of fused-ring (bicyclic) bond motifs is 4. The molecule has 0 atom stereocenters. The van der Waals surface area contributed by atoms with Crippen LogP contribution in [0.5, 0.6) is 0 Å². The van der Waals surface area contributed by atoms with Crippen LogP contribution in [0.4, 0.5) is 5.82 Å². The molecule has 1 fully saturated rings. The van der Waals surface area contributed by atoms with Crippen molar-refractivity contribution in [2.75, 3.05) is 19.0 Å². The largest absolute Gasteiger partial charge is 0.373 e. The number of nitrogens with zero attached hydrogens (tertiary/aromatic N) is 4. The standard InChI is InChI=1S/C25H22N6O2/c1-27-23-18-13-28-21(25(6-7-25)24(26)32)11-17(18)16(12-29-23)4-2-15-3-5-19-20(10-15)31-8-9-33-14-22(31)30-19/h3,5,10-13H,6-9,14H2,1H3,(H2,26,32)(H,27,29). The van der Waals surface area contributed by atoms with Gasteiger partial charge in [0.25, 0.3) is 0 Å². The number of nitrogens with two attached hydrogens (primary N) is 1. The Hall–Kier alpha value is -3.96. The number of rotatable bonds is 3. The SMILES string of the molecule is CNc1ncc(C#Cc2ccc3nc4n(c3c2)CCOC4)c2cc(C3(C(N)=O)CC3)ncc12. The lowest BCUT2D eigenvalue weighted by atomic mass is 9.98. The summed E-state index contributed by atoms with van der Waals surface area (Å²) in [5.41, 5.74) is 9.41. The van der Waals surface area contributed by atoms with E-state index < -0.39 is 5.41 Å². The van der Waals surface area contributed by atoms with Gasteiger partial charge in [-0.2, -0.15) is 0 Å². The van der Waals surface area contributed by atoms with Gasteiger partial charge < -0.3 is 20.4 Å². The van der Waals surface area contributed by atoms with Crippen molar-refractivity contribution in [2.45, 2.75) is 31.4 Å². The number of amides is 1. The highest BCUT2D eigenvalue weighted by Crippen LogP contribution is 2.47. The highest BCUT2D eigenvalue weighted by molar-refractivity contribution is 5.97. The van der Waals surface area contributed by atoms with Crippen molar-refractivity contribution in [3.8, 4) is 11.8 Å². The number of carbonyl (C=O) groups is 1. The Kier molecular flexibility index (Phi) is 4.35. The second-order valence-corrected chi connectivity index (χ2v) is 8.52. The number of ether oxygens (including phenoxy) is 1. The van der Waals surface area contributed by atoms with Crippen LogP contribution in [0.3, 0.4) is 0 Å². The summed E-state index contributed by atoms with van der Waals surface area (Å²) in [5, 5.41) is 4.86. The number of imidazole rings is 1. The van der Waals surface area contributed by atoms with Crippen molar-refractivity contribution in [1.82, 2.24) is 19.5 Å². The van der Waals surface area contributed by atoms with Crippen molar-refractivity contribution < 1.29 is 9.53 Å². The van der Waals surface area contributed by atoms with E-state index in [0.717, 1.165) is 58.1 Å². The highest BCUT2D eigenvalue weighted by atomic mass is 16.5. The molecule has 1 aromatic carbocycles. The summed E-state index contributed by atoms with van der Waals surface area (Å²) in [5.74, 6) is 7.90. The molecular weight excluding hydrogens is 416 g/mol. The van der Waals surface area contributed by atoms with Gasteiger partial charge in [-0.1, -0.05) is 11.8 Å². The lowest BCUT2D eigenvalue weighted by Crippen LogP contribution is -2.29. The van der Waals surface area contributed by atoms with Gasteiger partial charge >= 0.3 is 0 Å². The van der Waals surface area contributed by atoms with Crippen LogP contribution in [0.15, 0.2) is 36.7 Å². The van der Waals surface area contributed by atoms with Crippen LogP contribution >= 0.6 is 0 Å². The molecule has 1 aliphatic heterocycles. The third kappa shape index (κ3) is 3.12. The molecule has 0 radical (unpaired) electrons. The van der Waals surface area contributed by atoms with Gasteiger partial charge in [-0.25, -0.2) is 9.97 Å². The van der Waals surface area contributed by atoms with Gasteiger partial charge in [-0.3, -0.25) is 9.78 Å². The number of hydrogen-bond acceptors (Lipinski definition) is 6. The summed E-state index contributed by atoms with van der Waals surface area (Å²) in [7, 11) is 1.82. The predicted octanol–water partition coefficient (Wildman–Crippen LogP) is 2.47.